The van der Waals surface area contributed by atoms with Gasteiger partial charge in [-0.2, -0.15) is 5.26 Å². The summed E-state index contributed by atoms with van der Waals surface area (Å²) in [6.07, 6.45) is 3.50. The molecule has 1 amide bonds. The molecule has 200 valence electrons. The number of para-hydroxylation sites is 2. The number of aromatic nitrogens is 3. The van der Waals surface area contributed by atoms with Crippen LogP contribution in [0, 0.1) is 11.3 Å². The SMILES string of the molecule is COc1ccc(OCCn2cc(C=C(C#N)C(=O)Nc3nnc(COc4ccccc4)s3)c3ccccc32)cc1. The van der Waals surface area contributed by atoms with Gasteiger partial charge in [0.2, 0.25) is 5.13 Å². The summed E-state index contributed by atoms with van der Waals surface area (Å²) in [4.78, 5) is 12.9. The molecule has 9 nitrogen and oxygen atoms in total. The van der Waals surface area contributed by atoms with E-state index >= 15 is 0 Å². The lowest BCUT2D eigenvalue weighted by Crippen LogP contribution is -2.13. The molecule has 40 heavy (non-hydrogen) atoms. The fourth-order valence-corrected chi connectivity index (χ4v) is 4.65. The first-order valence-corrected chi connectivity index (χ1v) is 13.2. The number of amides is 1. The van der Waals surface area contributed by atoms with Crippen LogP contribution < -0.4 is 19.5 Å². The van der Waals surface area contributed by atoms with Gasteiger partial charge in [0.25, 0.3) is 5.91 Å². The first-order valence-electron chi connectivity index (χ1n) is 12.4. The number of carbonyl (C=O) groups excluding carboxylic acids is 1. The number of carbonyl (C=O) groups is 1. The number of methoxy groups -OCH3 is 1. The number of fused-ring (bicyclic) bond motifs is 1. The Morgan fingerprint density at radius 1 is 0.975 bits per heavy atom. The number of anilines is 1. The number of nitriles is 1. The summed E-state index contributed by atoms with van der Waals surface area (Å²) in [5.74, 6) is 1.66. The molecule has 3 aromatic carbocycles. The summed E-state index contributed by atoms with van der Waals surface area (Å²) in [6.45, 7) is 1.24. The second-order valence-electron chi connectivity index (χ2n) is 8.55. The van der Waals surface area contributed by atoms with Crippen LogP contribution in [-0.2, 0) is 17.9 Å². The molecule has 0 bridgehead atoms. The highest BCUT2D eigenvalue weighted by molar-refractivity contribution is 7.15. The van der Waals surface area contributed by atoms with Gasteiger partial charge in [-0.3, -0.25) is 10.1 Å². The topological polar surface area (TPSA) is 111 Å². The third kappa shape index (κ3) is 6.46. The van der Waals surface area contributed by atoms with Gasteiger partial charge in [-0.1, -0.05) is 47.7 Å². The highest BCUT2D eigenvalue weighted by Crippen LogP contribution is 2.25. The minimum absolute atomic E-state index is 0.0466. The molecular weight excluding hydrogens is 526 g/mol. The first kappa shape index (κ1) is 26.5. The van der Waals surface area contributed by atoms with Crippen LogP contribution in [0.15, 0.2) is 90.6 Å². The monoisotopic (exact) mass is 551 g/mol. The molecule has 1 N–H and O–H groups in total. The predicted octanol–water partition coefficient (Wildman–Crippen LogP) is 5.71. The normalized spacial score (nSPS) is 11.2. The van der Waals surface area contributed by atoms with Crippen molar-refractivity contribution in [2.24, 2.45) is 0 Å². The van der Waals surface area contributed by atoms with Crippen LogP contribution in [0.4, 0.5) is 5.13 Å². The number of rotatable bonds is 11. The minimum Gasteiger partial charge on any atom is -0.497 e. The number of ether oxygens (including phenoxy) is 3. The van der Waals surface area contributed by atoms with Crippen LogP contribution >= 0.6 is 11.3 Å². The van der Waals surface area contributed by atoms with Gasteiger partial charge < -0.3 is 18.8 Å². The van der Waals surface area contributed by atoms with Gasteiger partial charge in [0, 0.05) is 22.7 Å². The Hall–Kier alpha value is -5.14. The van der Waals surface area contributed by atoms with E-state index in [2.05, 4.69) is 15.5 Å². The van der Waals surface area contributed by atoms with E-state index in [0.717, 1.165) is 28.0 Å². The molecule has 2 aromatic heterocycles. The molecule has 5 rings (SSSR count). The smallest absolute Gasteiger partial charge is 0.268 e. The van der Waals surface area contributed by atoms with Crippen LogP contribution in [0.3, 0.4) is 0 Å². The largest absolute Gasteiger partial charge is 0.497 e. The van der Waals surface area contributed by atoms with Gasteiger partial charge in [0.1, 0.15) is 42.1 Å². The highest BCUT2D eigenvalue weighted by atomic mass is 32.1. The zero-order valence-electron chi connectivity index (χ0n) is 21.6. The fraction of sp³-hybridized carbons (Fsp3) is 0.133. The molecule has 0 aliphatic heterocycles. The van der Waals surface area contributed by atoms with E-state index in [1.807, 2.05) is 95.7 Å². The van der Waals surface area contributed by atoms with Gasteiger partial charge >= 0.3 is 0 Å². The Morgan fingerprint density at radius 3 is 2.48 bits per heavy atom. The lowest BCUT2D eigenvalue weighted by atomic mass is 10.1. The molecule has 0 radical (unpaired) electrons. The summed E-state index contributed by atoms with van der Waals surface area (Å²) in [6, 6.07) is 26.6. The fourth-order valence-electron chi connectivity index (χ4n) is 4.00. The van der Waals surface area contributed by atoms with Crippen molar-refractivity contribution in [2.45, 2.75) is 13.2 Å². The molecule has 2 heterocycles. The number of nitrogens with zero attached hydrogens (tertiary/aromatic N) is 4. The lowest BCUT2D eigenvalue weighted by Gasteiger charge is -2.09. The molecule has 0 spiro atoms. The third-order valence-corrected chi connectivity index (χ3v) is 6.75. The minimum atomic E-state index is -0.561. The standard InChI is InChI=1S/C30H25N5O4S/c1-37-23-11-13-25(14-12-23)38-16-15-35-19-22(26-9-5-6-10-27(26)35)17-21(18-31)29(36)32-30-34-33-28(40-30)20-39-24-7-3-2-4-8-24/h2-14,17,19H,15-16,20H2,1H3,(H,32,34,36). The maximum absolute atomic E-state index is 12.9. The van der Waals surface area contributed by atoms with E-state index in [9.17, 15) is 10.1 Å². The molecule has 0 saturated carbocycles. The first-order chi connectivity index (χ1) is 19.6. The molecule has 0 aliphatic carbocycles. The zero-order valence-corrected chi connectivity index (χ0v) is 22.4. The van der Waals surface area contributed by atoms with Crippen molar-refractivity contribution in [2.75, 3.05) is 19.0 Å². The molecule has 0 aliphatic rings. The molecule has 5 aromatic rings. The Bertz CT molecular complexity index is 1670. The van der Waals surface area contributed by atoms with Crippen LogP contribution in [-0.4, -0.2) is 34.4 Å². The van der Waals surface area contributed by atoms with E-state index in [1.165, 1.54) is 11.3 Å². The number of hydrogen-bond donors (Lipinski definition) is 1. The van der Waals surface area contributed by atoms with Crippen LogP contribution in [0.25, 0.3) is 17.0 Å². The van der Waals surface area contributed by atoms with Crippen molar-refractivity contribution in [3.8, 4) is 23.3 Å². The van der Waals surface area contributed by atoms with Gasteiger partial charge in [-0.05, 0) is 48.5 Å². The van der Waals surface area contributed by atoms with Gasteiger partial charge in [-0.15, -0.1) is 10.2 Å². The molecular formula is C30H25N5O4S. The van der Waals surface area contributed by atoms with Crippen molar-refractivity contribution in [1.29, 1.82) is 5.26 Å². The summed E-state index contributed by atoms with van der Waals surface area (Å²) < 4.78 is 18.8. The molecule has 0 fully saturated rings. The third-order valence-electron chi connectivity index (χ3n) is 5.94. The maximum atomic E-state index is 12.9. The van der Waals surface area contributed by atoms with Crippen LogP contribution in [0.1, 0.15) is 10.6 Å². The van der Waals surface area contributed by atoms with Crippen molar-refractivity contribution in [3.05, 3.63) is 101 Å². The summed E-state index contributed by atoms with van der Waals surface area (Å²) in [7, 11) is 1.62. The number of hydrogen-bond acceptors (Lipinski definition) is 8. The van der Waals surface area contributed by atoms with Crippen molar-refractivity contribution >= 4 is 39.4 Å². The molecule has 0 unspecified atom stereocenters. The van der Waals surface area contributed by atoms with Crippen LogP contribution in [0.5, 0.6) is 17.2 Å². The average Bonchev–Trinajstić information content (AvgIpc) is 3.59. The lowest BCUT2D eigenvalue weighted by molar-refractivity contribution is -0.112. The van der Waals surface area contributed by atoms with E-state index < -0.39 is 5.91 Å². The van der Waals surface area contributed by atoms with E-state index in [4.69, 9.17) is 14.2 Å². The molecule has 0 saturated heterocycles. The maximum Gasteiger partial charge on any atom is 0.268 e. The van der Waals surface area contributed by atoms with Crippen molar-refractivity contribution in [1.82, 2.24) is 14.8 Å². The Balaban J connectivity index is 1.26. The Labute approximate surface area is 234 Å². The predicted molar refractivity (Wildman–Crippen MR) is 153 cm³/mol. The Kier molecular flexibility index (Phi) is 8.34. The van der Waals surface area contributed by atoms with E-state index in [0.29, 0.717) is 23.9 Å². The van der Waals surface area contributed by atoms with Crippen LogP contribution in [0.2, 0.25) is 0 Å². The van der Waals surface area contributed by atoms with Gasteiger partial charge in [-0.25, -0.2) is 0 Å². The Morgan fingerprint density at radius 2 is 1.70 bits per heavy atom. The van der Waals surface area contributed by atoms with Crippen molar-refractivity contribution in [3.63, 3.8) is 0 Å². The molecule has 10 heteroatoms. The summed E-state index contributed by atoms with van der Waals surface area (Å²) >= 11 is 1.19. The second-order valence-corrected chi connectivity index (χ2v) is 9.61. The quantitative estimate of drug-likeness (QED) is 0.165. The highest BCUT2D eigenvalue weighted by Gasteiger charge is 2.15. The number of benzene rings is 3. The van der Waals surface area contributed by atoms with Gasteiger partial charge in [0.15, 0.2) is 5.01 Å². The summed E-state index contributed by atoms with van der Waals surface area (Å²) in [5.41, 5.74) is 1.67. The molecule has 0 atom stereocenters. The zero-order chi connectivity index (χ0) is 27.7. The van der Waals surface area contributed by atoms with E-state index in [-0.39, 0.29) is 17.3 Å². The van der Waals surface area contributed by atoms with E-state index in [1.54, 1.807) is 13.2 Å². The number of nitrogens with one attached hydrogen (secondary N) is 1. The second kappa shape index (κ2) is 12.6. The van der Waals surface area contributed by atoms with Crippen molar-refractivity contribution < 1.29 is 19.0 Å². The summed E-state index contributed by atoms with van der Waals surface area (Å²) in [5, 5.41) is 22.3. The average molecular weight is 552 g/mol. The van der Waals surface area contributed by atoms with Gasteiger partial charge in [0.05, 0.1) is 13.7 Å².